The van der Waals surface area contributed by atoms with Gasteiger partial charge >= 0.3 is 5.97 Å². The second kappa shape index (κ2) is 4.28. The van der Waals surface area contributed by atoms with Gasteiger partial charge in [-0.05, 0) is 28.1 Å². The molecule has 0 saturated carbocycles. The van der Waals surface area contributed by atoms with Crippen molar-refractivity contribution in [3.05, 3.63) is 34.3 Å². The Kier molecular flexibility index (Phi) is 3.29. The van der Waals surface area contributed by atoms with Crippen LogP contribution in [0, 0.1) is 0 Å². The van der Waals surface area contributed by atoms with Gasteiger partial charge in [0, 0.05) is 11.8 Å². The molecule has 1 aromatic rings. The van der Waals surface area contributed by atoms with Crippen molar-refractivity contribution in [2.45, 2.75) is 0 Å². The SMILES string of the molecule is O=C(O)/C(F)=C(\F)c1ccc(Br)nc1. The molecule has 0 saturated heterocycles. The molecule has 0 aromatic carbocycles. The number of carboxylic acids is 1. The van der Waals surface area contributed by atoms with Crippen LogP contribution in [0.5, 0.6) is 0 Å². The van der Waals surface area contributed by atoms with E-state index in [1.807, 2.05) is 0 Å². The molecule has 0 amide bonds. The minimum Gasteiger partial charge on any atom is -0.476 e. The molecule has 0 atom stereocenters. The van der Waals surface area contributed by atoms with E-state index in [-0.39, 0.29) is 5.56 Å². The number of aromatic nitrogens is 1. The largest absolute Gasteiger partial charge is 0.476 e. The van der Waals surface area contributed by atoms with Crippen molar-refractivity contribution in [1.29, 1.82) is 0 Å². The molecule has 3 nitrogen and oxygen atoms in total. The summed E-state index contributed by atoms with van der Waals surface area (Å²) in [7, 11) is 0. The summed E-state index contributed by atoms with van der Waals surface area (Å²) >= 11 is 3.00. The van der Waals surface area contributed by atoms with Crippen LogP contribution in [0.15, 0.2) is 28.8 Å². The number of halogens is 3. The molecule has 0 aliphatic rings. The summed E-state index contributed by atoms with van der Waals surface area (Å²) < 4.78 is 26.0. The smallest absolute Gasteiger partial charge is 0.367 e. The predicted octanol–water partition coefficient (Wildman–Crippen LogP) is 2.54. The Morgan fingerprint density at radius 1 is 1.43 bits per heavy atom. The molecule has 1 aromatic heterocycles. The molecule has 0 spiro atoms. The zero-order chi connectivity index (χ0) is 10.7. The van der Waals surface area contributed by atoms with Gasteiger partial charge in [-0.15, -0.1) is 0 Å². The summed E-state index contributed by atoms with van der Waals surface area (Å²) in [5.74, 6) is -5.20. The first kappa shape index (κ1) is 10.8. The lowest BCUT2D eigenvalue weighted by Gasteiger charge is -1.97. The average Bonchev–Trinajstić information content (AvgIpc) is 2.16. The number of aliphatic carboxylic acids is 1. The van der Waals surface area contributed by atoms with E-state index in [0.717, 1.165) is 6.20 Å². The molecule has 6 heteroatoms. The third kappa shape index (κ3) is 2.35. The molecule has 0 bridgehead atoms. The summed E-state index contributed by atoms with van der Waals surface area (Å²) in [6.45, 7) is 0. The molecule has 1 heterocycles. The van der Waals surface area contributed by atoms with Gasteiger partial charge in [0.1, 0.15) is 4.60 Å². The summed E-state index contributed by atoms with van der Waals surface area (Å²) in [5.41, 5.74) is -0.215. The molecule has 0 aliphatic carbocycles. The van der Waals surface area contributed by atoms with E-state index < -0.39 is 17.6 Å². The molecular formula is C8H4BrF2NO2. The number of nitrogens with zero attached hydrogens (tertiary/aromatic N) is 1. The molecule has 0 aliphatic heterocycles. The number of carbonyl (C=O) groups is 1. The van der Waals surface area contributed by atoms with Crippen LogP contribution in [-0.4, -0.2) is 16.1 Å². The van der Waals surface area contributed by atoms with Gasteiger partial charge in [-0.3, -0.25) is 0 Å². The van der Waals surface area contributed by atoms with Gasteiger partial charge in [0.25, 0.3) is 0 Å². The third-order valence-electron chi connectivity index (χ3n) is 1.36. The Morgan fingerprint density at radius 2 is 2.07 bits per heavy atom. The van der Waals surface area contributed by atoms with Crippen LogP contribution in [0.2, 0.25) is 0 Å². The first-order chi connectivity index (χ1) is 6.52. The van der Waals surface area contributed by atoms with Gasteiger partial charge in [-0.25, -0.2) is 14.2 Å². The summed E-state index contributed by atoms with van der Waals surface area (Å²) in [4.78, 5) is 13.7. The second-order valence-electron chi connectivity index (χ2n) is 2.30. The van der Waals surface area contributed by atoms with Gasteiger partial charge in [0.05, 0.1) is 0 Å². The fraction of sp³-hybridized carbons (Fsp3) is 0. The fourth-order valence-electron chi connectivity index (χ4n) is 0.726. The highest BCUT2D eigenvalue weighted by atomic mass is 79.9. The monoisotopic (exact) mass is 263 g/mol. The van der Waals surface area contributed by atoms with Gasteiger partial charge in [0.15, 0.2) is 5.83 Å². The zero-order valence-electron chi connectivity index (χ0n) is 6.67. The Morgan fingerprint density at radius 3 is 2.50 bits per heavy atom. The molecule has 74 valence electrons. The first-order valence-corrected chi connectivity index (χ1v) is 4.22. The van der Waals surface area contributed by atoms with Crippen molar-refractivity contribution in [2.24, 2.45) is 0 Å². The van der Waals surface area contributed by atoms with Crippen LogP contribution in [0.25, 0.3) is 5.83 Å². The number of carboxylic acid groups (broad SMARTS) is 1. The lowest BCUT2D eigenvalue weighted by molar-refractivity contribution is -0.134. The molecule has 0 radical (unpaired) electrons. The van der Waals surface area contributed by atoms with Gasteiger partial charge in [-0.1, -0.05) is 0 Å². The summed E-state index contributed by atoms with van der Waals surface area (Å²) in [6.07, 6.45) is 1.03. The van der Waals surface area contributed by atoms with Crippen molar-refractivity contribution in [1.82, 2.24) is 4.98 Å². The zero-order valence-corrected chi connectivity index (χ0v) is 8.25. The maximum atomic E-state index is 13.0. The van der Waals surface area contributed by atoms with Crippen molar-refractivity contribution in [2.75, 3.05) is 0 Å². The van der Waals surface area contributed by atoms with Gasteiger partial charge in [-0.2, -0.15) is 4.39 Å². The van der Waals surface area contributed by atoms with Gasteiger partial charge < -0.3 is 5.11 Å². The molecule has 1 N–H and O–H groups in total. The number of pyridine rings is 1. The topological polar surface area (TPSA) is 50.2 Å². The van der Waals surface area contributed by atoms with Crippen molar-refractivity contribution < 1.29 is 18.7 Å². The van der Waals surface area contributed by atoms with Crippen LogP contribution >= 0.6 is 15.9 Å². The summed E-state index contributed by atoms with van der Waals surface area (Å²) in [6, 6.07) is 2.60. The Bertz CT molecular complexity index is 389. The molecule has 14 heavy (non-hydrogen) atoms. The second-order valence-corrected chi connectivity index (χ2v) is 3.12. The number of hydrogen-bond acceptors (Lipinski definition) is 2. The highest BCUT2D eigenvalue weighted by Crippen LogP contribution is 2.21. The predicted molar refractivity (Wildman–Crippen MR) is 48.7 cm³/mol. The lowest BCUT2D eigenvalue weighted by Crippen LogP contribution is -1.97. The lowest BCUT2D eigenvalue weighted by atomic mass is 10.2. The van der Waals surface area contributed by atoms with Crippen LogP contribution in [0.1, 0.15) is 5.56 Å². The minimum atomic E-state index is -1.94. The third-order valence-corrected chi connectivity index (χ3v) is 1.83. The standard InChI is InChI=1S/C8H4BrF2NO2/c9-5-2-1-4(3-12-5)6(10)7(11)8(13)14/h1-3H,(H,13,14)/b7-6+. The Labute approximate surface area is 86.2 Å². The van der Waals surface area contributed by atoms with E-state index in [2.05, 4.69) is 20.9 Å². The quantitative estimate of drug-likeness (QED) is 0.659. The summed E-state index contributed by atoms with van der Waals surface area (Å²) in [5, 5.41) is 8.17. The van der Waals surface area contributed by atoms with Crippen LogP contribution in [0.3, 0.4) is 0 Å². The van der Waals surface area contributed by atoms with Crippen molar-refractivity contribution in [3.63, 3.8) is 0 Å². The molecule has 0 fully saturated rings. The van der Waals surface area contributed by atoms with E-state index in [1.165, 1.54) is 12.1 Å². The first-order valence-electron chi connectivity index (χ1n) is 3.43. The number of hydrogen-bond donors (Lipinski definition) is 1. The Balaban J connectivity index is 3.12. The fourth-order valence-corrected chi connectivity index (χ4v) is 0.961. The highest BCUT2D eigenvalue weighted by Gasteiger charge is 2.15. The van der Waals surface area contributed by atoms with Crippen molar-refractivity contribution >= 4 is 27.7 Å². The Hall–Kier alpha value is -1.30. The van der Waals surface area contributed by atoms with E-state index in [1.54, 1.807) is 0 Å². The van der Waals surface area contributed by atoms with E-state index in [0.29, 0.717) is 4.60 Å². The highest BCUT2D eigenvalue weighted by molar-refractivity contribution is 9.10. The normalized spacial score (nSPS) is 12.2. The molecule has 0 unspecified atom stereocenters. The van der Waals surface area contributed by atoms with Crippen molar-refractivity contribution in [3.8, 4) is 0 Å². The van der Waals surface area contributed by atoms with E-state index in [9.17, 15) is 13.6 Å². The van der Waals surface area contributed by atoms with Crippen LogP contribution < -0.4 is 0 Å². The van der Waals surface area contributed by atoms with Crippen LogP contribution in [-0.2, 0) is 4.79 Å². The minimum absolute atomic E-state index is 0.215. The molecule has 1 rings (SSSR count). The number of rotatable bonds is 2. The van der Waals surface area contributed by atoms with E-state index in [4.69, 9.17) is 5.11 Å². The van der Waals surface area contributed by atoms with E-state index >= 15 is 0 Å². The van der Waals surface area contributed by atoms with Gasteiger partial charge in [0.2, 0.25) is 5.83 Å². The molecular weight excluding hydrogens is 260 g/mol. The maximum Gasteiger partial charge on any atom is 0.367 e. The maximum absolute atomic E-state index is 13.0. The van der Waals surface area contributed by atoms with Crippen LogP contribution in [0.4, 0.5) is 8.78 Å². The average molecular weight is 264 g/mol.